The standard InChI is InChI=1S/3C46H28O/c1-3-17-33-29(12-1)14-10-24-36(33)44-39-21-7-5-19-37(39)43(38-20-6-8-22-40(38)44)32-16-9-15-31(28-32)34-23-11-25-42-45(34)41-27-26-30-13-2-4-18-35(30)46(41)47-42;2*1-2-13-31-27-34(24-23-29(31)11-1)44-39-19-7-5-17-37(39)43(38-18-6-8-20-40(38)44)33-15-9-14-32(28-33)35-21-10-22-42-45(35)41-26-25-30-12-3-4-16-36(30)46(41)47-42/h3*1-28H/i1D,3D,5D,6D,7D,8D,10D,12D,14D,17D,19D,20D,21D,22D,24D;1D,2D,3D,4D,5D,6D,7D,8D,9D,10D,11D,12D,13D,14D,16D,17D,18D,19D,20D,21D,22D,23D,24D,25D,26D,27D,28D;1D,2D,5D,6D,7D,8D,11D,13D,17D,18D,19D,20D,23D,24D,27D. The Kier molecular flexibility index (Phi) is 9.97. The maximum absolute atomic E-state index is 9.98. The molecule has 3 nitrogen and oxygen atoms in total. The number of benzene rings is 27. The normalized spacial score (nSPS) is 17.5. The van der Waals surface area contributed by atoms with E-state index < -0.39 is 475 Å². The van der Waals surface area contributed by atoms with Crippen LogP contribution in [0.1, 0.15) is 78.1 Å². The van der Waals surface area contributed by atoms with E-state index in [1.807, 2.05) is 121 Å². The van der Waals surface area contributed by atoms with Crippen molar-refractivity contribution in [2.75, 3.05) is 0 Å². The van der Waals surface area contributed by atoms with Gasteiger partial charge in [0.1, 0.15) is 33.5 Å². The van der Waals surface area contributed by atoms with E-state index in [0.29, 0.717) is 44.6 Å². The van der Waals surface area contributed by atoms with Crippen molar-refractivity contribution in [3.8, 4) is 100 Å². The monoisotopic (exact) mass is 1850 g/mol. The van der Waals surface area contributed by atoms with Crippen molar-refractivity contribution < 1.29 is 91.4 Å². The third-order valence-electron chi connectivity index (χ3n) is 25.3. The molecule has 3 aromatic heterocycles. The first-order valence-corrected chi connectivity index (χ1v) is 43.9. The highest BCUT2D eigenvalue weighted by Gasteiger charge is 2.26. The molecule has 141 heavy (non-hydrogen) atoms. The quantitative estimate of drug-likeness (QED) is 0.135. The number of hydrogen-bond acceptors (Lipinski definition) is 3. The summed E-state index contributed by atoms with van der Waals surface area (Å²) >= 11 is 0. The van der Waals surface area contributed by atoms with Crippen LogP contribution in [0.3, 0.4) is 0 Å². The van der Waals surface area contributed by atoms with Crippen LogP contribution in [0.25, 0.3) is 295 Å². The fraction of sp³-hybridized carbons (Fsp3) is 0. The number of fused-ring (bicyclic) bond motifs is 24. The first-order chi connectivity index (χ1) is 93.7. The van der Waals surface area contributed by atoms with E-state index in [0.717, 1.165) is 60.3 Å². The lowest BCUT2D eigenvalue weighted by molar-refractivity contribution is 0.672. The van der Waals surface area contributed by atoms with Crippen LogP contribution in [-0.2, 0) is 0 Å². The second-order valence-corrected chi connectivity index (χ2v) is 32.9. The van der Waals surface area contributed by atoms with Crippen molar-refractivity contribution in [2.24, 2.45) is 0 Å². The third kappa shape index (κ3) is 13.3. The van der Waals surface area contributed by atoms with Crippen LogP contribution in [0.4, 0.5) is 0 Å². The summed E-state index contributed by atoms with van der Waals surface area (Å²) in [6, 6.07) is 6.39. The van der Waals surface area contributed by atoms with E-state index in [-0.39, 0.29) is 65.3 Å². The van der Waals surface area contributed by atoms with Crippen LogP contribution in [-0.4, -0.2) is 0 Å². The Labute approximate surface area is 892 Å². The van der Waals surface area contributed by atoms with Gasteiger partial charge in [0.15, 0.2) is 0 Å². The van der Waals surface area contributed by atoms with Crippen LogP contribution in [0.5, 0.6) is 0 Å². The van der Waals surface area contributed by atoms with Crippen LogP contribution < -0.4 is 0 Å². The van der Waals surface area contributed by atoms with Crippen molar-refractivity contribution >= 4 is 195 Å². The molecule has 0 saturated carbocycles. The maximum Gasteiger partial charge on any atom is 0.143 e. The number of furan rings is 3. The van der Waals surface area contributed by atoms with E-state index in [2.05, 4.69) is 0 Å². The van der Waals surface area contributed by atoms with Gasteiger partial charge in [0, 0.05) is 48.5 Å². The van der Waals surface area contributed by atoms with E-state index >= 15 is 0 Å². The molecule has 0 saturated heterocycles. The van der Waals surface area contributed by atoms with Gasteiger partial charge >= 0.3 is 0 Å². The summed E-state index contributed by atoms with van der Waals surface area (Å²) in [6.45, 7) is 0. The fourth-order valence-corrected chi connectivity index (χ4v) is 19.4. The zero-order valence-corrected chi connectivity index (χ0v) is 72.3. The molecule has 0 aliphatic rings. The summed E-state index contributed by atoms with van der Waals surface area (Å²) in [5, 5.41) is -2.10. The van der Waals surface area contributed by atoms with E-state index in [4.69, 9.17) is 61.2 Å². The van der Waals surface area contributed by atoms with E-state index in [1.54, 1.807) is 36.4 Å². The molecule has 0 amide bonds. The molecule has 0 aliphatic heterocycles. The van der Waals surface area contributed by atoms with Gasteiger partial charge in [-0.2, -0.15) is 0 Å². The lowest BCUT2D eigenvalue weighted by Gasteiger charge is -2.19. The Hall–Kier alpha value is -18.5. The SMILES string of the molecule is [2H]c1c([2H])c([2H])c2c(-c3c4c([2H])c([2H])c([2H])c([2H])c4c(-c4cccc(-c5cccc6oc7c8ccccc8ccc7c56)c4)c4c([2H])c([2H])c([2H])c([2H])c34)c([2H])c([2H])c([2H])c2c1[2H].[2H]c1c([2H])c([2H])c2c([2H])c(-c3c4c([2H])c([2H])c([2H])c([2H])c4c(-c4cccc(-c5cccc6oc7c8ccccc8ccc7c56)c4)c4c([2H])c([2H])c([2H])c([2H])c34)c([2H])c([2H])c2c1[2H].[2H]c1cc(-c2c3c([2H])c([2H])c([2H])c([2H])c3c(-c3c([2H])c([2H])c4c([2H])c([2H])c([2H])c([2H])c4c3[2H])c3c([2H])c([2H])c([2H])c([2H])c23)c([2H])c(-c2c([2H])c([2H])c([2H])c3oc4c5c([2H])c([2H])c([2H])c([2H])c5c([2H])c([2H])c4c23)c1[2H]. The number of rotatable bonds is 9. The second kappa shape index (κ2) is 33.2. The molecular weight excluding hydrogens is 1710 g/mol. The van der Waals surface area contributed by atoms with Crippen LogP contribution in [0, 0.1) is 0 Å². The van der Waals surface area contributed by atoms with Gasteiger partial charge in [-0.05, 0) is 280 Å². The summed E-state index contributed by atoms with van der Waals surface area (Å²) in [6.07, 6.45) is 0. The Morgan fingerprint density at radius 2 is 0.489 bits per heavy atom. The van der Waals surface area contributed by atoms with Crippen molar-refractivity contribution in [1.82, 2.24) is 0 Å². The van der Waals surface area contributed by atoms with Crippen molar-refractivity contribution in [3.05, 3.63) is 508 Å². The average molecular weight is 1850 g/mol. The molecule has 0 radical (unpaired) electrons. The van der Waals surface area contributed by atoms with Crippen molar-refractivity contribution in [2.45, 2.75) is 0 Å². The second-order valence-electron chi connectivity index (χ2n) is 32.9. The van der Waals surface area contributed by atoms with Crippen LogP contribution in [0.15, 0.2) is 521 Å². The first kappa shape index (κ1) is 42.4. The predicted octanol–water partition coefficient (Wildman–Crippen LogP) is 39.6. The van der Waals surface area contributed by atoms with Gasteiger partial charge in [0.2, 0.25) is 0 Å². The van der Waals surface area contributed by atoms with Gasteiger partial charge in [-0.15, -0.1) is 0 Å². The highest BCUT2D eigenvalue weighted by atomic mass is 16.3. The summed E-state index contributed by atoms with van der Waals surface area (Å²) < 4.78 is 531. The molecule has 30 rings (SSSR count). The minimum absolute atomic E-state index is 0.0239. The lowest BCUT2D eigenvalue weighted by Crippen LogP contribution is -1.92. The predicted molar refractivity (Wildman–Crippen MR) is 600 cm³/mol. The van der Waals surface area contributed by atoms with Crippen LogP contribution >= 0.6 is 0 Å². The molecule has 0 spiro atoms. The van der Waals surface area contributed by atoms with Gasteiger partial charge in [0.05, 0.1) is 78.1 Å². The van der Waals surface area contributed by atoms with Gasteiger partial charge < -0.3 is 13.3 Å². The first-order valence-electron chi connectivity index (χ1n) is 72.4. The molecule has 27 aromatic carbocycles. The van der Waals surface area contributed by atoms with Crippen molar-refractivity contribution in [1.29, 1.82) is 0 Å². The van der Waals surface area contributed by atoms with Crippen LogP contribution in [0.2, 0.25) is 0 Å². The molecule has 0 N–H and O–H groups in total. The Bertz CT molecular complexity index is 13900. The highest BCUT2D eigenvalue weighted by molar-refractivity contribution is 6.29. The van der Waals surface area contributed by atoms with Gasteiger partial charge in [-0.3, -0.25) is 0 Å². The summed E-state index contributed by atoms with van der Waals surface area (Å²) in [4.78, 5) is 0. The molecule has 0 unspecified atom stereocenters. The van der Waals surface area contributed by atoms with E-state index in [1.165, 1.54) is 0 Å². The molecule has 3 heterocycles. The Morgan fingerprint density at radius 3 is 0.972 bits per heavy atom. The summed E-state index contributed by atoms with van der Waals surface area (Å²) in [5.41, 5.74) is -0.663. The molecule has 30 aromatic rings. The molecule has 0 bridgehead atoms. The number of hydrogen-bond donors (Lipinski definition) is 0. The largest absolute Gasteiger partial charge is 0.455 e. The van der Waals surface area contributed by atoms with Gasteiger partial charge in [0.25, 0.3) is 0 Å². The highest BCUT2D eigenvalue weighted by Crippen LogP contribution is 2.53. The van der Waals surface area contributed by atoms with Gasteiger partial charge in [-0.25, -0.2) is 0 Å². The smallest absolute Gasteiger partial charge is 0.143 e. The molecule has 3 heteroatoms. The lowest BCUT2D eigenvalue weighted by atomic mass is 9.84. The average Bonchev–Trinajstić information content (AvgIpc) is 0.845. The molecule has 654 valence electrons. The molecule has 0 atom stereocenters. The molecular formula is C138H84O3. The zero-order chi connectivity index (χ0) is 142. The van der Waals surface area contributed by atoms with Crippen molar-refractivity contribution in [3.63, 3.8) is 0 Å². The minimum atomic E-state index is -0.958. The van der Waals surface area contributed by atoms with Gasteiger partial charge in [-0.1, -0.05) is 442 Å². The topological polar surface area (TPSA) is 39.4 Å². The fourth-order valence-electron chi connectivity index (χ4n) is 19.4. The minimum Gasteiger partial charge on any atom is -0.455 e. The summed E-state index contributed by atoms with van der Waals surface area (Å²) in [5.74, 6) is 0. The Morgan fingerprint density at radius 1 is 0.142 bits per heavy atom. The molecule has 0 aliphatic carbocycles. The van der Waals surface area contributed by atoms with E-state index in [9.17, 15) is 30.2 Å². The Balaban J connectivity index is 0.000000133. The molecule has 0 fully saturated rings. The maximum atomic E-state index is 9.98. The zero-order valence-electron chi connectivity index (χ0n) is 129. The summed E-state index contributed by atoms with van der Waals surface area (Å²) in [7, 11) is 0. The third-order valence-corrected chi connectivity index (χ3v) is 25.3.